The maximum Gasteiger partial charge on any atom is 0.337 e. The number of esters is 1. The van der Waals surface area contributed by atoms with Gasteiger partial charge in [-0.15, -0.1) is 0 Å². The van der Waals surface area contributed by atoms with Gasteiger partial charge in [0.25, 0.3) is 10.0 Å². The molecule has 0 amide bonds. The van der Waals surface area contributed by atoms with Crippen molar-refractivity contribution in [1.82, 2.24) is 0 Å². The second-order valence-corrected chi connectivity index (χ2v) is 6.27. The van der Waals surface area contributed by atoms with Crippen molar-refractivity contribution in [3.05, 3.63) is 60.2 Å². The molecule has 5 nitrogen and oxygen atoms in total. The molecule has 0 heterocycles. The first-order valence-electron chi connectivity index (χ1n) is 6.68. The van der Waals surface area contributed by atoms with Crippen LogP contribution < -0.4 is 4.31 Å². The minimum atomic E-state index is -3.68. The van der Waals surface area contributed by atoms with Crippen LogP contribution in [0.5, 0.6) is 0 Å². The Balaban J connectivity index is 2.38. The summed E-state index contributed by atoms with van der Waals surface area (Å²) in [7, 11) is -2.39. The zero-order valence-electron chi connectivity index (χ0n) is 12.3. The van der Waals surface area contributed by atoms with Crippen molar-refractivity contribution in [2.24, 2.45) is 0 Å². The van der Waals surface area contributed by atoms with Gasteiger partial charge in [0.15, 0.2) is 0 Å². The lowest BCUT2D eigenvalue weighted by Crippen LogP contribution is -2.30. The third-order valence-electron chi connectivity index (χ3n) is 3.11. The van der Waals surface area contributed by atoms with E-state index in [1.165, 1.54) is 29.6 Å². The summed E-state index contributed by atoms with van der Waals surface area (Å²) in [5.74, 6) is -0.464. The molecule has 0 aromatic heterocycles. The summed E-state index contributed by atoms with van der Waals surface area (Å²) in [6, 6.07) is 15.4. The molecule has 0 aliphatic rings. The number of nitrogens with zero attached hydrogens (tertiary/aromatic N) is 1. The van der Waals surface area contributed by atoms with E-state index in [2.05, 4.69) is 10.8 Å². The van der Waals surface area contributed by atoms with Gasteiger partial charge in [0, 0.05) is 12.6 Å². The number of anilines is 1. The van der Waals surface area contributed by atoms with Gasteiger partial charge >= 0.3 is 5.97 Å². The van der Waals surface area contributed by atoms with Crippen molar-refractivity contribution in [2.45, 2.75) is 11.8 Å². The van der Waals surface area contributed by atoms with E-state index in [0.29, 0.717) is 11.3 Å². The van der Waals surface area contributed by atoms with Crippen LogP contribution in [0.15, 0.2) is 53.4 Å². The summed E-state index contributed by atoms with van der Waals surface area (Å²) in [5, 5.41) is 0. The Kier molecular flexibility index (Phi) is 4.82. The van der Waals surface area contributed by atoms with Gasteiger partial charge in [-0.25, -0.2) is 13.2 Å². The molecule has 0 spiro atoms. The van der Waals surface area contributed by atoms with E-state index in [1.807, 2.05) is 0 Å². The first kappa shape index (κ1) is 16.0. The zero-order valence-corrected chi connectivity index (χ0v) is 13.1. The normalized spacial score (nSPS) is 11.0. The maximum absolute atomic E-state index is 12.6. The summed E-state index contributed by atoms with van der Waals surface area (Å²) < 4.78 is 31.2. The van der Waals surface area contributed by atoms with Crippen LogP contribution in [0.1, 0.15) is 17.3 Å². The van der Waals surface area contributed by atoms with Gasteiger partial charge in [-0.1, -0.05) is 18.2 Å². The first-order valence-corrected chi connectivity index (χ1v) is 8.12. The Hall–Kier alpha value is -2.34. The number of benzene rings is 2. The molecule has 115 valence electrons. The van der Waals surface area contributed by atoms with Crippen LogP contribution in [0.3, 0.4) is 0 Å². The van der Waals surface area contributed by atoms with Gasteiger partial charge in [-0.2, -0.15) is 0 Å². The van der Waals surface area contributed by atoms with Gasteiger partial charge < -0.3 is 4.74 Å². The Morgan fingerprint density at radius 1 is 1.18 bits per heavy atom. The lowest BCUT2D eigenvalue weighted by Gasteiger charge is -2.22. The molecule has 0 saturated heterocycles. The number of carbonyl (C=O) groups excluding carboxylic acids is 1. The predicted molar refractivity (Wildman–Crippen MR) is 83.3 cm³/mol. The molecule has 2 aromatic rings. The van der Waals surface area contributed by atoms with Crippen molar-refractivity contribution >= 4 is 21.7 Å². The highest BCUT2D eigenvalue weighted by Gasteiger charge is 2.23. The van der Waals surface area contributed by atoms with E-state index >= 15 is 0 Å². The summed E-state index contributed by atoms with van der Waals surface area (Å²) in [6.07, 6.45) is 0. The largest absolute Gasteiger partial charge is 0.465 e. The summed E-state index contributed by atoms with van der Waals surface area (Å²) in [4.78, 5) is 11.5. The van der Waals surface area contributed by atoms with Gasteiger partial charge in [-0.3, -0.25) is 4.31 Å². The van der Waals surface area contributed by atoms with Gasteiger partial charge in [0.1, 0.15) is 0 Å². The van der Waals surface area contributed by atoms with Crippen LogP contribution >= 0.6 is 0 Å². The molecule has 2 rings (SSSR count). The number of hydrogen-bond donors (Lipinski definition) is 0. The van der Waals surface area contributed by atoms with E-state index in [-0.39, 0.29) is 11.4 Å². The Bertz CT molecular complexity index is 739. The minimum Gasteiger partial charge on any atom is -0.465 e. The third-order valence-corrected chi connectivity index (χ3v) is 4.97. The lowest BCUT2D eigenvalue weighted by atomic mass is 10.2. The van der Waals surface area contributed by atoms with E-state index in [9.17, 15) is 13.2 Å². The van der Waals surface area contributed by atoms with Gasteiger partial charge in [0.05, 0.1) is 23.3 Å². The summed E-state index contributed by atoms with van der Waals surface area (Å²) in [6.45, 7) is 2.01. The molecule has 0 aliphatic carbocycles. The fraction of sp³-hybridized carbons (Fsp3) is 0.188. The van der Waals surface area contributed by atoms with Gasteiger partial charge in [-0.05, 0) is 37.3 Å². The lowest BCUT2D eigenvalue weighted by molar-refractivity contribution is 0.0601. The van der Waals surface area contributed by atoms with Crippen molar-refractivity contribution < 1.29 is 17.9 Å². The second kappa shape index (κ2) is 6.62. The average Bonchev–Trinajstić information content (AvgIpc) is 2.56. The molecule has 0 N–H and O–H groups in total. The Morgan fingerprint density at radius 3 is 2.36 bits per heavy atom. The predicted octanol–water partition coefficient (Wildman–Crippen LogP) is 2.49. The zero-order chi connectivity index (χ0) is 16.2. The number of hydrogen-bond acceptors (Lipinski definition) is 4. The highest BCUT2D eigenvalue weighted by molar-refractivity contribution is 7.92. The van der Waals surface area contributed by atoms with Crippen LogP contribution in [0.2, 0.25) is 0 Å². The molecule has 2 aromatic carbocycles. The van der Waals surface area contributed by atoms with Crippen LogP contribution in [0.4, 0.5) is 5.69 Å². The SMILES string of the molecule is CCN(c1ccc(C(=O)OC)cc1)S(=O)(=O)c1[c]cccc1. The van der Waals surface area contributed by atoms with E-state index in [1.54, 1.807) is 37.3 Å². The Labute approximate surface area is 130 Å². The number of ether oxygens (including phenoxy) is 1. The fourth-order valence-electron chi connectivity index (χ4n) is 2.03. The third kappa shape index (κ3) is 3.12. The smallest absolute Gasteiger partial charge is 0.337 e. The van der Waals surface area contributed by atoms with Crippen LogP contribution in [-0.4, -0.2) is 28.0 Å². The molecular weight excluding hydrogens is 302 g/mol. The number of rotatable bonds is 5. The molecule has 6 heteroatoms. The summed E-state index contributed by atoms with van der Waals surface area (Å²) >= 11 is 0. The standard InChI is InChI=1S/C16H16NO4S/c1-3-17(22(19,20)15-7-5-4-6-8-15)14-11-9-13(10-12-14)16(18)21-2/h4-7,9-12H,3H2,1-2H3. The monoisotopic (exact) mass is 318 g/mol. The van der Waals surface area contributed by atoms with Crippen LogP contribution in [0.25, 0.3) is 0 Å². The first-order chi connectivity index (χ1) is 10.5. The molecular formula is C16H16NO4S. The van der Waals surface area contributed by atoms with Crippen molar-refractivity contribution in [3.8, 4) is 0 Å². The van der Waals surface area contributed by atoms with Crippen LogP contribution in [-0.2, 0) is 14.8 Å². The topological polar surface area (TPSA) is 63.7 Å². The second-order valence-electron chi connectivity index (χ2n) is 4.44. The highest BCUT2D eigenvalue weighted by atomic mass is 32.2. The van der Waals surface area contributed by atoms with Crippen molar-refractivity contribution in [1.29, 1.82) is 0 Å². The molecule has 0 fully saturated rings. The van der Waals surface area contributed by atoms with Crippen molar-refractivity contribution in [3.63, 3.8) is 0 Å². The van der Waals surface area contributed by atoms with E-state index < -0.39 is 16.0 Å². The molecule has 0 saturated carbocycles. The molecule has 0 unspecified atom stereocenters. The van der Waals surface area contributed by atoms with Crippen molar-refractivity contribution in [2.75, 3.05) is 18.0 Å². The van der Waals surface area contributed by atoms with E-state index in [4.69, 9.17) is 0 Å². The maximum atomic E-state index is 12.6. The molecule has 0 bridgehead atoms. The number of methoxy groups -OCH3 is 1. The summed E-state index contributed by atoms with van der Waals surface area (Å²) in [5.41, 5.74) is 0.846. The van der Waals surface area contributed by atoms with Gasteiger partial charge in [0.2, 0.25) is 0 Å². The van der Waals surface area contributed by atoms with E-state index in [0.717, 1.165) is 0 Å². The highest BCUT2D eigenvalue weighted by Crippen LogP contribution is 2.23. The molecule has 0 atom stereocenters. The molecule has 1 radical (unpaired) electrons. The number of carbonyl (C=O) groups is 1. The quantitative estimate of drug-likeness (QED) is 0.795. The van der Waals surface area contributed by atoms with Crippen LogP contribution in [0, 0.1) is 6.07 Å². The Morgan fingerprint density at radius 2 is 1.86 bits per heavy atom. The number of sulfonamides is 1. The molecule has 22 heavy (non-hydrogen) atoms. The minimum absolute atomic E-state index is 0.105. The fourth-order valence-corrected chi connectivity index (χ4v) is 3.47. The average molecular weight is 318 g/mol. The molecule has 0 aliphatic heterocycles.